The van der Waals surface area contributed by atoms with Gasteiger partial charge >= 0.3 is 0 Å². The van der Waals surface area contributed by atoms with Crippen LogP contribution in [-0.4, -0.2) is 35.5 Å². The number of hydrogen-bond acceptors (Lipinski definition) is 5. The summed E-state index contributed by atoms with van der Waals surface area (Å²) in [5.74, 6) is -1.38. The van der Waals surface area contributed by atoms with Crippen molar-refractivity contribution in [1.29, 1.82) is 5.41 Å². The molecule has 0 radical (unpaired) electrons. The van der Waals surface area contributed by atoms with Gasteiger partial charge in [0.15, 0.2) is 0 Å². The summed E-state index contributed by atoms with van der Waals surface area (Å²) < 4.78 is 0. The summed E-state index contributed by atoms with van der Waals surface area (Å²) >= 11 is 5.81. The Hall–Kier alpha value is -3.45. The number of rotatable bonds is 5. The topological polar surface area (TPSA) is 102 Å². The molecule has 3 N–H and O–H groups in total. The van der Waals surface area contributed by atoms with Crippen molar-refractivity contribution in [2.45, 2.75) is 6.42 Å². The lowest BCUT2D eigenvalue weighted by Crippen LogP contribution is -2.30. The van der Waals surface area contributed by atoms with Crippen LogP contribution in [0.5, 0.6) is 0 Å². The molecule has 2 aromatic carbocycles. The van der Waals surface area contributed by atoms with Crippen LogP contribution < -0.4 is 10.6 Å². The number of amidine groups is 1. The lowest BCUT2D eigenvalue weighted by molar-refractivity contribution is -0.119. The SMILES string of the molecule is CN1C(=O)c2cccc(CC(=O)NC(=N)/C=C\Nc3ccc(Cl)cc3)c2C1=O. The van der Waals surface area contributed by atoms with Crippen molar-refractivity contribution in [2.75, 3.05) is 12.4 Å². The van der Waals surface area contributed by atoms with Gasteiger partial charge in [-0.2, -0.15) is 0 Å². The van der Waals surface area contributed by atoms with E-state index < -0.39 is 11.8 Å². The van der Waals surface area contributed by atoms with Crippen LogP contribution in [0.25, 0.3) is 0 Å². The molecule has 0 bridgehead atoms. The predicted molar refractivity (Wildman–Crippen MR) is 107 cm³/mol. The fourth-order valence-electron chi connectivity index (χ4n) is 2.80. The molecule has 0 atom stereocenters. The van der Waals surface area contributed by atoms with Crippen molar-refractivity contribution in [3.05, 3.63) is 76.5 Å². The number of carbonyl (C=O) groups excluding carboxylic acids is 3. The third-order valence-corrected chi connectivity index (χ3v) is 4.43. The van der Waals surface area contributed by atoms with E-state index in [0.717, 1.165) is 10.6 Å². The number of hydrogen-bond donors (Lipinski definition) is 3. The largest absolute Gasteiger partial charge is 0.362 e. The summed E-state index contributed by atoms with van der Waals surface area (Å²) in [5.41, 5.74) is 1.78. The van der Waals surface area contributed by atoms with E-state index in [4.69, 9.17) is 17.0 Å². The summed E-state index contributed by atoms with van der Waals surface area (Å²) in [5, 5.41) is 13.8. The van der Waals surface area contributed by atoms with Crippen LogP contribution in [-0.2, 0) is 11.2 Å². The Labute approximate surface area is 166 Å². The minimum Gasteiger partial charge on any atom is -0.362 e. The number of carbonyl (C=O) groups is 3. The molecule has 7 nitrogen and oxygen atoms in total. The maximum atomic E-state index is 12.2. The molecule has 1 aliphatic heterocycles. The minimum absolute atomic E-state index is 0.112. The van der Waals surface area contributed by atoms with Gasteiger partial charge < -0.3 is 10.6 Å². The molecule has 1 aliphatic rings. The molecular weight excluding hydrogens is 380 g/mol. The van der Waals surface area contributed by atoms with E-state index in [1.807, 2.05) is 0 Å². The lowest BCUT2D eigenvalue weighted by Gasteiger charge is -2.07. The second kappa shape index (κ2) is 8.06. The zero-order valence-electron chi connectivity index (χ0n) is 15.0. The third-order valence-electron chi connectivity index (χ3n) is 4.17. The number of nitrogens with one attached hydrogen (secondary N) is 3. The van der Waals surface area contributed by atoms with Gasteiger partial charge in [-0.1, -0.05) is 23.7 Å². The highest BCUT2D eigenvalue weighted by atomic mass is 35.5. The van der Waals surface area contributed by atoms with Gasteiger partial charge in [0.05, 0.1) is 17.5 Å². The van der Waals surface area contributed by atoms with Crippen molar-refractivity contribution >= 4 is 40.8 Å². The van der Waals surface area contributed by atoms with Gasteiger partial charge in [0.2, 0.25) is 5.91 Å². The van der Waals surface area contributed by atoms with Gasteiger partial charge in [-0.3, -0.25) is 24.7 Å². The summed E-state index contributed by atoms with van der Waals surface area (Å²) in [7, 11) is 1.41. The molecule has 0 spiro atoms. The molecule has 0 unspecified atom stereocenters. The average Bonchev–Trinajstić information content (AvgIpc) is 2.88. The standard InChI is InChI=1S/C20H17ClN4O3/c1-25-19(27)15-4-2-3-12(18(15)20(25)28)11-17(26)24-16(22)9-10-23-14-7-5-13(21)6-8-14/h2-10,23H,11H2,1H3,(H2,22,24,26)/b10-9-. The Morgan fingerprint density at radius 3 is 2.57 bits per heavy atom. The maximum absolute atomic E-state index is 12.2. The number of imide groups is 1. The van der Waals surface area contributed by atoms with Crippen LogP contribution in [0.1, 0.15) is 26.3 Å². The number of halogens is 1. The Kier molecular flexibility index (Phi) is 5.56. The first-order valence-corrected chi connectivity index (χ1v) is 8.76. The number of fused-ring (bicyclic) bond motifs is 1. The molecule has 3 rings (SSSR count). The fourth-order valence-corrected chi connectivity index (χ4v) is 2.92. The van der Waals surface area contributed by atoms with Crippen molar-refractivity contribution in [3.63, 3.8) is 0 Å². The highest BCUT2D eigenvalue weighted by Crippen LogP contribution is 2.25. The first-order chi connectivity index (χ1) is 13.4. The fraction of sp³-hybridized carbons (Fsp3) is 0.100. The molecule has 28 heavy (non-hydrogen) atoms. The molecule has 3 amide bonds. The van der Waals surface area contributed by atoms with E-state index in [0.29, 0.717) is 16.1 Å². The van der Waals surface area contributed by atoms with Crippen molar-refractivity contribution in [2.24, 2.45) is 0 Å². The monoisotopic (exact) mass is 396 g/mol. The molecule has 0 saturated heterocycles. The third kappa shape index (κ3) is 4.10. The van der Waals surface area contributed by atoms with Crippen LogP contribution >= 0.6 is 11.6 Å². The summed E-state index contributed by atoms with van der Waals surface area (Å²) in [6.45, 7) is 0. The van der Waals surface area contributed by atoms with Gasteiger partial charge in [-0.15, -0.1) is 0 Å². The quantitative estimate of drug-likeness (QED) is 0.411. The number of amides is 3. The first-order valence-electron chi connectivity index (χ1n) is 8.38. The predicted octanol–water partition coefficient (Wildman–Crippen LogP) is 2.83. The van der Waals surface area contributed by atoms with Gasteiger partial charge in [-0.25, -0.2) is 0 Å². The summed E-state index contributed by atoms with van der Waals surface area (Å²) in [4.78, 5) is 37.5. The molecule has 0 aromatic heterocycles. The van der Waals surface area contributed by atoms with Gasteiger partial charge in [0.1, 0.15) is 5.84 Å². The van der Waals surface area contributed by atoms with E-state index in [1.54, 1.807) is 42.5 Å². The van der Waals surface area contributed by atoms with Crippen LogP contribution in [0.2, 0.25) is 5.02 Å². The van der Waals surface area contributed by atoms with Crippen molar-refractivity contribution in [3.8, 4) is 0 Å². The van der Waals surface area contributed by atoms with Crippen molar-refractivity contribution in [1.82, 2.24) is 10.2 Å². The van der Waals surface area contributed by atoms with E-state index >= 15 is 0 Å². The molecule has 2 aromatic rings. The molecular formula is C20H17ClN4O3. The molecule has 0 fully saturated rings. The number of anilines is 1. The lowest BCUT2D eigenvalue weighted by atomic mass is 10.00. The molecule has 0 aliphatic carbocycles. The van der Waals surface area contributed by atoms with Crippen LogP contribution in [0.4, 0.5) is 5.69 Å². The van der Waals surface area contributed by atoms with E-state index in [-0.39, 0.29) is 23.7 Å². The normalized spacial score (nSPS) is 13.0. The second-order valence-corrected chi connectivity index (χ2v) is 6.57. The number of nitrogens with zero attached hydrogens (tertiary/aromatic N) is 1. The summed E-state index contributed by atoms with van der Waals surface area (Å²) in [6, 6.07) is 11.8. The Morgan fingerprint density at radius 1 is 1.14 bits per heavy atom. The minimum atomic E-state index is -0.454. The average molecular weight is 397 g/mol. The van der Waals surface area contributed by atoms with Crippen molar-refractivity contribution < 1.29 is 14.4 Å². The van der Waals surface area contributed by atoms with Crippen LogP contribution in [0, 0.1) is 5.41 Å². The molecule has 8 heteroatoms. The zero-order valence-corrected chi connectivity index (χ0v) is 15.7. The zero-order chi connectivity index (χ0) is 20.3. The smallest absolute Gasteiger partial charge is 0.261 e. The Bertz CT molecular complexity index is 999. The van der Waals surface area contributed by atoms with Gasteiger partial charge in [0.25, 0.3) is 11.8 Å². The highest BCUT2D eigenvalue weighted by Gasteiger charge is 2.34. The Morgan fingerprint density at radius 2 is 1.86 bits per heavy atom. The first kappa shape index (κ1) is 19.3. The summed E-state index contributed by atoms with van der Waals surface area (Å²) in [6.07, 6.45) is 2.80. The van der Waals surface area contributed by atoms with Crippen LogP contribution in [0.15, 0.2) is 54.7 Å². The highest BCUT2D eigenvalue weighted by molar-refractivity contribution is 6.30. The second-order valence-electron chi connectivity index (χ2n) is 6.13. The number of benzene rings is 2. The van der Waals surface area contributed by atoms with E-state index in [2.05, 4.69) is 10.6 Å². The van der Waals surface area contributed by atoms with Gasteiger partial charge in [0, 0.05) is 24.0 Å². The maximum Gasteiger partial charge on any atom is 0.261 e. The Balaban J connectivity index is 1.60. The molecule has 0 saturated carbocycles. The van der Waals surface area contributed by atoms with Gasteiger partial charge in [-0.05, 0) is 42.0 Å². The van der Waals surface area contributed by atoms with E-state index in [1.165, 1.54) is 19.3 Å². The van der Waals surface area contributed by atoms with E-state index in [9.17, 15) is 14.4 Å². The van der Waals surface area contributed by atoms with Crippen LogP contribution in [0.3, 0.4) is 0 Å². The molecule has 1 heterocycles. The molecule has 142 valence electrons.